The number of ether oxygens (including phenoxy) is 1. The van der Waals surface area contributed by atoms with E-state index in [4.69, 9.17) is 9.84 Å². The largest absolute Gasteiger partial charge is 0.393 e. The fourth-order valence-corrected chi connectivity index (χ4v) is 0.932. The standard InChI is InChI=1S/C10H13FO2/c11-10(6-12)8-13-7-9-4-2-1-3-5-9/h1-5,10,12H,6-8H2/t10-/m0/s1. The van der Waals surface area contributed by atoms with Gasteiger partial charge in [0.25, 0.3) is 0 Å². The second-order valence-corrected chi connectivity index (χ2v) is 2.78. The molecule has 1 aromatic carbocycles. The molecule has 0 radical (unpaired) electrons. The Bertz CT molecular complexity index is 226. The van der Waals surface area contributed by atoms with Crippen molar-refractivity contribution in [1.29, 1.82) is 0 Å². The van der Waals surface area contributed by atoms with Gasteiger partial charge in [-0.05, 0) is 5.56 Å². The first kappa shape index (κ1) is 10.2. The molecule has 0 spiro atoms. The predicted molar refractivity (Wildman–Crippen MR) is 48.1 cm³/mol. The van der Waals surface area contributed by atoms with Crippen molar-refractivity contribution in [1.82, 2.24) is 0 Å². The van der Waals surface area contributed by atoms with Crippen LogP contribution in [0.15, 0.2) is 30.3 Å². The normalized spacial score (nSPS) is 12.8. The van der Waals surface area contributed by atoms with E-state index in [1.165, 1.54) is 0 Å². The summed E-state index contributed by atoms with van der Waals surface area (Å²) in [7, 11) is 0. The number of aliphatic hydroxyl groups excluding tert-OH is 1. The van der Waals surface area contributed by atoms with Gasteiger partial charge in [-0.2, -0.15) is 0 Å². The zero-order valence-electron chi connectivity index (χ0n) is 7.32. The fraction of sp³-hybridized carbons (Fsp3) is 0.400. The molecule has 0 aromatic heterocycles. The Morgan fingerprint density at radius 1 is 1.31 bits per heavy atom. The molecule has 1 N–H and O–H groups in total. The summed E-state index contributed by atoms with van der Waals surface area (Å²) >= 11 is 0. The van der Waals surface area contributed by atoms with E-state index in [0.717, 1.165) is 5.56 Å². The molecule has 0 aliphatic rings. The maximum Gasteiger partial charge on any atom is 0.146 e. The van der Waals surface area contributed by atoms with Crippen LogP contribution in [0.5, 0.6) is 0 Å². The van der Waals surface area contributed by atoms with Crippen molar-refractivity contribution in [3.05, 3.63) is 35.9 Å². The highest BCUT2D eigenvalue weighted by atomic mass is 19.1. The average molecular weight is 184 g/mol. The average Bonchev–Trinajstić information content (AvgIpc) is 2.19. The number of alkyl halides is 1. The molecule has 0 heterocycles. The van der Waals surface area contributed by atoms with Gasteiger partial charge in [-0.3, -0.25) is 0 Å². The summed E-state index contributed by atoms with van der Waals surface area (Å²) in [5.74, 6) is 0. The summed E-state index contributed by atoms with van der Waals surface area (Å²) in [6.07, 6.45) is -1.27. The molecule has 0 aliphatic carbocycles. The predicted octanol–water partition coefficient (Wildman–Crippen LogP) is 1.53. The third-order valence-electron chi connectivity index (χ3n) is 1.61. The van der Waals surface area contributed by atoms with Gasteiger partial charge < -0.3 is 9.84 Å². The molecule has 1 aromatic rings. The Labute approximate surface area is 77.0 Å². The first-order chi connectivity index (χ1) is 6.33. The fourth-order valence-electron chi connectivity index (χ4n) is 0.932. The molecule has 2 nitrogen and oxygen atoms in total. The van der Waals surface area contributed by atoms with Crippen LogP contribution in [0.3, 0.4) is 0 Å². The Morgan fingerprint density at radius 3 is 2.62 bits per heavy atom. The summed E-state index contributed by atoms with van der Waals surface area (Å²) in [4.78, 5) is 0. The quantitative estimate of drug-likeness (QED) is 0.752. The molecule has 1 atom stereocenters. The second kappa shape index (κ2) is 5.67. The lowest BCUT2D eigenvalue weighted by Gasteiger charge is -2.05. The molecule has 3 heteroatoms. The van der Waals surface area contributed by atoms with Crippen molar-refractivity contribution in [3.8, 4) is 0 Å². The van der Waals surface area contributed by atoms with Crippen LogP contribution in [0.1, 0.15) is 5.56 Å². The maximum absolute atomic E-state index is 12.5. The smallest absolute Gasteiger partial charge is 0.146 e. The lowest BCUT2D eigenvalue weighted by Crippen LogP contribution is -2.14. The minimum atomic E-state index is -1.27. The molecule has 0 bridgehead atoms. The first-order valence-corrected chi connectivity index (χ1v) is 4.19. The molecule has 0 amide bonds. The number of hydrogen-bond acceptors (Lipinski definition) is 2. The Morgan fingerprint density at radius 2 is 2.00 bits per heavy atom. The summed E-state index contributed by atoms with van der Waals surface area (Å²) < 4.78 is 17.5. The van der Waals surface area contributed by atoms with Crippen molar-refractivity contribution in [2.75, 3.05) is 13.2 Å². The van der Waals surface area contributed by atoms with Crippen molar-refractivity contribution < 1.29 is 14.2 Å². The summed E-state index contributed by atoms with van der Waals surface area (Å²) in [5, 5.41) is 8.38. The minimum absolute atomic E-state index is 0.0502. The van der Waals surface area contributed by atoms with E-state index >= 15 is 0 Å². The molecule has 0 unspecified atom stereocenters. The third kappa shape index (κ3) is 4.01. The van der Waals surface area contributed by atoms with Gasteiger partial charge in [-0.15, -0.1) is 0 Å². The molecule has 0 fully saturated rings. The van der Waals surface area contributed by atoms with E-state index in [1.54, 1.807) is 0 Å². The highest BCUT2D eigenvalue weighted by Crippen LogP contribution is 2.01. The zero-order valence-corrected chi connectivity index (χ0v) is 7.32. The van der Waals surface area contributed by atoms with Crippen LogP contribution >= 0.6 is 0 Å². The Kier molecular flexibility index (Phi) is 4.43. The minimum Gasteiger partial charge on any atom is -0.393 e. The van der Waals surface area contributed by atoms with E-state index in [1.807, 2.05) is 30.3 Å². The van der Waals surface area contributed by atoms with Gasteiger partial charge in [0.2, 0.25) is 0 Å². The van der Waals surface area contributed by atoms with Crippen molar-refractivity contribution in [2.24, 2.45) is 0 Å². The lowest BCUT2D eigenvalue weighted by molar-refractivity contribution is 0.0437. The first-order valence-electron chi connectivity index (χ1n) is 4.19. The number of hydrogen-bond donors (Lipinski definition) is 1. The van der Waals surface area contributed by atoms with Crippen LogP contribution in [0.2, 0.25) is 0 Å². The summed E-state index contributed by atoms with van der Waals surface area (Å²) in [6.45, 7) is -0.137. The highest BCUT2D eigenvalue weighted by molar-refractivity contribution is 5.13. The number of aliphatic hydroxyl groups is 1. The van der Waals surface area contributed by atoms with Crippen LogP contribution in [0.25, 0.3) is 0 Å². The molecule has 0 saturated carbocycles. The van der Waals surface area contributed by atoms with Gasteiger partial charge in [0.05, 0.1) is 19.8 Å². The van der Waals surface area contributed by atoms with E-state index in [0.29, 0.717) is 6.61 Å². The number of benzene rings is 1. The maximum atomic E-state index is 12.5. The molecule has 0 saturated heterocycles. The molecule has 13 heavy (non-hydrogen) atoms. The Balaban J connectivity index is 2.20. The van der Waals surface area contributed by atoms with E-state index in [-0.39, 0.29) is 6.61 Å². The molecular weight excluding hydrogens is 171 g/mol. The van der Waals surface area contributed by atoms with Gasteiger partial charge in [0, 0.05) is 0 Å². The molecule has 0 aliphatic heterocycles. The van der Waals surface area contributed by atoms with E-state index in [2.05, 4.69) is 0 Å². The van der Waals surface area contributed by atoms with Gasteiger partial charge in [0.15, 0.2) is 0 Å². The van der Waals surface area contributed by atoms with E-state index in [9.17, 15) is 4.39 Å². The van der Waals surface area contributed by atoms with Crippen LogP contribution in [0, 0.1) is 0 Å². The number of halogens is 1. The SMILES string of the molecule is OC[C@H](F)COCc1ccccc1. The highest BCUT2D eigenvalue weighted by Gasteiger charge is 2.03. The molecule has 1 rings (SSSR count). The topological polar surface area (TPSA) is 29.5 Å². The lowest BCUT2D eigenvalue weighted by atomic mass is 10.2. The number of rotatable bonds is 5. The van der Waals surface area contributed by atoms with Crippen molar-refractivity contribution >= 4 is 0 Å². The summed E-state index contributed by atoms with van der Waals surface area (Å²) in [6, 6.07) is 9.53. The van der Waals surface area contributed by atoms with Crippen LogP contribution < -0.4 is 0 Å². The van der Waals surface area contributed by atoms with Crippen LogP contribution in [-0.2, 0) is 11.3 Å². The molecular formula is C10H13FO2. The van der Waals surface area contributed by atoms with Gasteiger partial charge >= 0.3 is 0 Å². The zero-order chi connectivity index (χ0) is 9.52. The van der Waals surface area contributed by atoms with Crippen LogP contribution in [-0.4, -0.2) is 24.5 Å². The van der Waals surface area contributed by atoms with E-state index < -0.39 is 12.8 Å². The van der Waals surface area contributed by atoms with Crippen LogP contribution in [0.4, 0.5) is 4.39 Å². The third-order valence-corrected chi connectivity index (χ3v) is 1.61. The van der Waals surface area contributed by atoms with Gasteiger partial charge in [-0.25, -0.2) is 4.39 Å². The summed E-state index contributed by atoms with van der Waals surface area (Å²) in [5.41, 5.74) is 1.01. The van der Waals surface area contributed by atoms with Gasteiger partial charge in [0.1, 0.15) is 6.17 Å². The van der Waals surface area contributed by atoms with Crippen molar-refractivity contribution in [2.45, 2.75) is 12.8 Å². The van der Waals surface area contributed by atoms with Crippen molar-refractivity contribution in [3.63, 3.8) is 0 Å². The molecule has 72 valence electrons. The monoisotopic (exact) mass is 184 g/mol. The van der Waals surface area contributed by atoms with Gasteiger partial charge in [-0.1, -0.05) is 30.3 Å². The second-order valence-electron chi connectivity index (χ2n) is 2.78. The Hall–Kier alpha value is -0.930.